The van der Waals surface area contributed by atoms with Crippen molar-refractivity contribution in [1.29, 1.82) is 0 Å². The highest BCUT2D eigenvalue weighted by Gasteiger charge is 2.15. The third kappa shape index (κ3) is 12.8. The Labute approximate surface area is 120 Å². The minimum atomic E-state index is 0.767. The van der Waals surface area contributed by atoms with E-state index >= 15 is 0 Å². The van der Waals surface area contributed by atoms with Gasteiger partial charge in [0.15, 0.2) is 0 Å². The van der Waals surface area contributed by atoms with Crippen LogP contribution in [0, 0.1) is 0 Å². The molecule has 0 heterocycles. The summed E-state index contributed by atoms with van der Waals surface area (Å²) in [4.78, 5) is 0. The summed E-state index contributed by atoms with van der Waals surface area (Å²) in [6.45, 7) is 6.96. The van der Waals surface area contributed by atoms with Gasteiger partial charge < -0.3 is 0 Å². The average Bonchev–Trinajstić information content (AvgIpc) is 2.40. The van der Waals surface area contributed by atoms with Gasteiger partial charge in [0.2, 0.25) is 0 Å². The van der Waals surface area contributed by atoms with E-state index in [0.717, 1.165) is 10.9 Å². The Hall–Kier alpha value is 0.350. The van der Waals surface area contributed by atoms with Gasteiger partial charge in [-0.3, -0.25) is 0 Å². The van der Waals surface area contributed by atoms with E-state index in [1.165, 1.54) is 87.9 Å². The molecule has 110 valence electrons. The number of hydrogen-bond donors (Lipinski definition) is 0. The molecule has 0 aliphatic carbocycles. The Morgan fingerprint density at radius 1 is 0.444 bits per heavy atom. The van der Waals surface area contributed by atoms with Gasteiger partial charge in [0, 0.05) is 0 Å². The van der Waals surface area contributed by atoms with Gasteiger partial charge in [-0.05, 0) is 36.6 Å². The van der Waals surface area contributed by atoms with Crippen molar-refractivity contribution in [3.8, 4) is 0 Å². The molecular weight excluding hydrogens is 236 g/mol. The van der Waals surface area contributed by atoms with Crippen LogP contribution in [0.2, 0.25) is 0 Å². The highest BCUT2D eigenvalue weighted by atomic mass is 32.2. The van der Waals surface area contributed by atoms with Gasteiger partial charge in [-0.1, -0.05) is 65.7 Å². The second-order valence-electron chi connectivity index (χ2n) is 5.55. The van der Waals surface area contributed by atoms with Crippen LogP contribution in [0.4, 0.5) is 0 Å². The van der Waals surface area contributed by atoms with E-state index in [0.29, 0.717) is 0 Å². The highest BCUT2D eigenvalue weighted by Crippen LogP contribution is 2.11. The van der Waals surface area contributed by atoms with Crippen molar-refractivity contribution in [3.63, 3.8) is 0 Å². The maximum Gasteiger partial charge on any atom is 0.108 e. The second-order valence-corrected chi connectivity index (χ2v) is 8.00. The van der Waals surface area contributed by atoms with Crippen LogP contribution in [0.1, 0.15) is 91.4 Å². The maximum absolute atomic E-state index is 2.33. The summed E-state index contributed by atoms with van der Waals surface area (Å²) in [7, 11) is 0.767. The van der Waals surface area contributed by atoms with E-state index in [1.54, 1.807) is 0 Å². The molecule has 0 aliphatic heterocycles. The molecule has 0 saturated heterocycles. The molecule has 18 heavy (non-hydrogen) atoms. The third-order valence-electron chi connectivity index (χ3n) is 3.61. The Balaban J connectivity index is 3.43. The van der Waals surface area contributed by atoms with E-state index < -0.39 is 0 Å². The summed E-state index contributed by atoms with van der Waals surface area (Å²) in [5, 5.41) is 0. The predicted octanol–water partition coefficient (Wildman–Crippen LogP) is 5.96. The van der Waals surface area contributed by atoms with Crippen LogP contribution in [0.25, 0.3) is 0 Å². The van der Waals surface area contributed by atoms with E-state index in [2.05, 4.69) is 20.8 Å². The fourth-order valence-electron chi connectivity index (χ4n) is 2.27. The molecule has 0 saturated carbocycles. The van der Waals surface area contributed by atoms with Crippen molar-refractivity contribution in [3.05, 3.63) is 0 Å². The molecule has 0 aromatic carbocycles. The molecule has 0 N–H and O–H groups in total. The summed E-state index contributed by atoms with van der Waals surface area (Å²) < 4.78 is 0. The van der Waals surface area contributed by atoms with Gasteiger partial charge in [-0.25, -0.2) is 0 Å². The van der Waals surface area contributed by atoms with Crippen LogP contribution in [-0.2, 0) is 10.9 Å². The molecule has 0 unspecified atom stereocenters. The smallest absolute Gasteiger partial charge is 0.0654 e. The van der Waals surface area contributed by atoms with Crippen LogP contribution in [0.15, 0.2) is 0 Å². The summed E-state index contributed by atoms with van der Waals surface area (Å²) in [5.74, 6) is 4.58. The molecule has 0 radical (unpaired) electrons. The summed E-state index contributed by atoms with van der Waals surface area (Å²) in [6, 6.07) is 0. The normalized spacial score (nSPS) is 11.3. The minimum absolute atomic E-state index is 0.767. The SMILES string of the molecule is CCCCCCCCC[S+](CCCC)CCCC. The van der Waals surface area contributed by atoms with Crippen molar-refractivity contribution in [1.82, 2.24) is 0 Å². The Morgan fingerprint density at radius 2 is 0.833 bits per heavy atom. The lowest BCUT2D eigenvalue weighted by molar-refractivity contribution is 0.603. The van der Waals surface area contributed by atoms with Gasteiger partial charge >= 0.3 is 0 Å². The zero-order valence-electron chi connectivity index (χ0n) is 13.3. The van der Waals surface area contributed by atoms with Gasteiger partial charge in [0.1, 0.15) is 17.3 Å². The van der Waals surface area contributed by atoms with Crippen molar-refractivity contribution >= 4 is 10.9 Å². The first-order valence-electron chi connectivity index (χ1n) is 8.49. The lowest BCUT2D eigenvalue weighted by Crippen LogP contribution is -2.16. The summed E-state index contributed by atoms with van der Waals surface area (Å²) in [5.41, 5.74) is 0. The topological polar surface area (TPSA) is 0 Å². The second kappa shape index (κ2) is 15.4. The standard InChI is InChI=1S/C17H37S/c1-4-7-10-11-12-13-14-17-18(15-8-5-2)16-9-6-3/h4-17H2,1-3H3/q+1. The number of rotatable bonds is 14. The van der Waals surface area contributed by atoms with Crippen LogP contribution in [0.5, 0.6) is 0 Å². The molecule has 0 atom stereocenters. The average molecular weight is 274 g/mol. The summed E-state index contributed by atoms with van der Waals surface area (Å²) in [6.07, 6.45) is 15.9. The molecule has 0 bridgehead atoms. The van der Waals surface area contributed by atoms with Gasteiger partial charge in [0.25, 0.3) is 0 Å². The van der Waals surface area contributed by atoms with E-state index in [4.69, 9.17) is 0 Å². The molecule has 0 amide bonds. The van der Waals surface area contributed by atoms with Crippen molar-refractivity contribution < 1.29 is 0 Å². The van der Waals surface area contributed by atoms with Crippen LogP contribution < -0.4 is 0 Å². The molecule has 0 nitrogen and oxygen atoms in total. The highest BCUT2D eigenvalue weighted by molar-refractivity contribution is 7.96. The lowest BCUT2D eigenvalue weighted by atomic mass is 10.1. The molecular formula is C17H37S+. The van der Waals surface area contributed by atoms with Gasteiger partial charge in [-0.2, -0.15) is 0 Å². The largest absolute Gasteiger partial charge is 0.108 e. The van der Waals surface area contributed by atoms with Gasteiger partial charge in [0.05, 0.1) is 0 Å². The van der Waals surface area contributed by atoms with Crippen molar-refractivity contribution in [2.45, 2.75) is 91.4 Å². The van der Waals surface area contributed by atoms with E-state index in [1.807, 2.05) is 0 Å². The van der Waals surface area contributed by atoms with Crippen molar-refractivity contribution in [2.24, 2.45) is 0 Å². The lowest BCUT2D eigenvalue weighted by Gasteiger charge is -2.08. The fourth-order valence-corrected chi connectivity index (χ4v) is 4.88. The maximum atomic E-state index is 2.33. The molecule has 1 heteroatoms. The Bertz CT molecular complexity index is 137. The predicted molar refractivity (Wildman–Crippen MR) is 89.8 cm³/mol. The molecule has 0 spiro atoms. The van der Waals surface area contributed by atoms with Crippen LogP contribution in [-0.4, -0.2) is 17.3 Å². The first-order chi connectivity index (χ1) is 8.85. The Kier molecular flexibility index (Phi) is 15.7. The number of unbranched alkanes of at least 4 members (excludes halogenated alkanes) is 8. The summed E-state index contributed by atoms with van der Waals surface area (Å²) >= 11 is 0. The molecule has 0 fully saturated rings. The minimum Gasteiger partial charge on any atom is -0.0654 e. The molecule has 0 aromatic rings. The first kappa shape index (κ1) is 18.4. The van der Waals surface area contributed by atoms with Crippen LogP contribution in [0.3, 0.4) is 0 Å². The Morgan fingerprint density at radius 3 is 1.33 bits per heavy atom. The molecule has 0 aromatic heterocycles. The first-order valence-corrected chi connectivity index (χ1v) is 10.2. The molecule has 0 aliphatic rings. The van der Waals surface area contributed by atoms with E-state index in [9.17, 15) is 0 Å². The quantitative estimate of drug-likeness (QED) is 0.271. The zero-order valence-corrected chi connectivity index (χ0v) is 14.1. The fraction of sp³-hybridized carbons (Fsp3) is 1.00. The zero-order chi connectivity index (χ0) is 13.5. The van der Waals surface area contributed by atoms with E-state index in [-0.39, 0.29) is 0 Å². The van der Waals surface area contributed by atoms with Crippen molar-refractivity contribution in [2.75, 3.05) is 17.3 Å². The monoisotopic (exact) mass is 273 g/mol. The molecule has 0 rings (SSSR count). The van der Waals surface area contributed by atoms with Crippen LogP contribution >= 0.6 is 0 Å². The number of hydrogen-bond acceptors (Lipinski definition) is 0. The third-order valence-corrected chi connectivity index (χ3v) is 6.21. The van der Waals surface area contributed by atoms with Gasteiger partial charge in [-0.15, -0.1) is 0 Å².